The van der Waals surface area contributed by atoms with E-state index < -0.39 is 0 Å². The summed E-state index contributed by atoms with van der Waals surface area (Å²) < 4.78 is 5.47. The molecule has 1 saturated heterocycles. The van der Waals surface area contributed by atoms with Gasteiger partial charge in [0.15, 0.2) is 5.78 Å². The highest BCUT2D eigenvalue weighted by Crippen LogP contribution is 2.40. The molecule has 2 rings (SSSR count). The molecule has 3 unspecified atom stereocenters. The topological polar surface area (TPSA) is 43.4 Å². The minimum atomic E-state index is -0.124. The second kappa shape index (κ2) is 6.38. The Morgan fingerprint density at radius 3 is 2.75 bits per heavy atom. The zero-order valence-electron chi connectivity index (χ0n) is 13.1. The Morgan fingerprint density at radius 1 is 1.30 bits per heavy atom. The van der Waals surface area contributed by atoms with Crippen LogP contribution in [0.4, 0.5) is 0 Å². The number of carbonyl (C=O) groups is 2. The molecule has 0 radical (unpaired) electrons. The van der Waals surface area contributed by atoms with E-state index in [1.165, 1.54) is 19.3 Å². The number of hydrogen-bond donors (Lipinski definition) is 0. The predicted molar refractivity (Wildman–Crippen MR) is 78.5 cm³/mol. The molecule has 0 aromatic rings. The standard InChI is InChI=1S/C17H28O3/c1-4-5-9-17(2,3)10-8-13(18)12-6-7-15-16(12)14(19)11-20-15/h12,15-16H,4-11H2,1-3H3. The monoisotopic (exact) mass is 280 g/mol. The molecule has 1 saturated carbocycles. The summed E-state index contributed by atoms with van der Waals surface area (Å²) in [4.78, 5) is 24.3. The number of ketones is 2. The Hall–Kier alpha value is -0.700. The molecule has 2 aliphatic rings. The summed E-state index contributed by atoms with van der Waals surface area (Å²) in [5, 5.41) is 0. The third-order valence-electron chi connectivity index (χ3n) is 5.08. The average Bonchev–Trinajstić information content (AvgIpc) is 2.97. The fraction of sp³-hybridized carbons (Fsp3) is 0.882. The van der Waals surface area contributed by atoms with Gasteiger partial charge in [-0.15, -0.1) is 0 Å². The first-order valence-electron chi connectivity index (χ1n) is 8.11. The van der Waals surface area contributed by atoms with E-state index in [2.05, 4.69) is 20.8 Å². The van der Waals surface area contributed by atoms with Crippen LogP contribution in [0.1, 0.15) is 65.7 Å². The Labute approximate surface area is 122 Å². The van der Waals surface area contributed by atoms with Crippen molar-refractivity contribution >= 4 is 11.6 Å². The highest BCUT2D eigenvalue weighted by atomic mass is 16.5. The fourth-order valence-corrected chi connectivity index (χ4v) is 3.65. The smallest absolute Gasteiger partial charge is 0.164 e. The molecule has 0 aromatic carbocycles. The lowest BCUT2D eigenvalue weighted by molar-refractivity contribution is -0.129. The number of hydrogen-bond acceptors (Lipinski definition) is 3. The van der Waals surface area contributed by atoms with E-state index in [1.54, 1.807) is 0 Å². The van der Waals surface area contributed by atoms with Gasteiger partial charge in [-0.3, -0.25) is 9.59 Å². The highest BCUT2D eigenvalue weighted by molar-refractivity contribution is 5.92. The second-order valence-electron chi connectivity index (χ2n) is 7.26. The summed E-state index contributed by atoms with van der Waals surface area (Å²) in [5.41, 5.74) is 0.236. The number of ether oxygens (including phenoxy) is 1. The van der Waals surface area contributed by atoms with Gasteiger partial charge in [0.05, 0.1) is 12.0 Å². The van der Waals surface area contributed by atoms with Crippen molar-refractivity contribution in [3.8, 4) is 0 Å². The van der Waals surface area contributed by atoms with Crippen LogP contribution in [0, 0.1) is 17.3 Å². The number of fused-ring (bicyclic) bond motifs is 1. The first-order chi connectivity index (χ1) is 9.44. The number of rotatable bonds is 7. The Bertz CT molecular complexity index is 372. The summed E-state index contributed by atoms with van der Waals surface area (Å²) in [7, 11) is 0. The van der Waals surface area contributed by atoms with Gasteiger partial charge in [-0.1, -0.05) is 33.6 Å². The molecular weight excluding hydrogens is 252 g/mol. The SMILES string of the molecule is CCCCC(C)(C)CCC(=O)C1CCC2OCC(=O)C21. The van der Waals surface area contributed by atoms with Crippen LogP contribution in [0.15, 0.2) is 0 Å². The van der Waals surface area contributed by atoms with E-state index in [-0.39, 0.29) is 35.7 Å². The molecular formula is C17H28O3. The molecule has 0 N–H and O–H groups in total. The van der Waals surface area contributed by atoms with Crippen molar-refractivity contribution < 1.29 is 14.3 Å². The lowest BCUT2D eigenvalue weighted by atomic mass is 9.79. The molecule has 2 fully saturated rings. The van der Waals surface area contributed by atoms with Gasteiger partial charge in [-0.2, -0.15) is 0 Å². The van der Waals surface area contributed by atoms with Crippen molar-refractivity contribution in [1.29, 1.82) is 0 Å². The van der Waals surface area contributed by atoms with E-state index in [0.29, 0.717) is 12.2 Å². The van der Waals surface area contributed by atoms with Crippen molar-refractivity contribution in [3.63, 3.8) is 0 Å². The summed E-state index contributed by atoms with van der Waals surface area (Å²) in [6.45, 7) is 6.92. The van der Waals surface area contributed by atoms with Gasteiger partial charge in [0.2, 0.25) is 0 Å². The van der Waals surface area contributed by atoms with Crippen LogP contribution in [0.25, 0.3) is 0 Å². The fourth-order valence-electron chi connectivity index (χ4n) is 3.65. The molecule has 3 heteroatoms. The van der Waals surface area contributed by atoms with E-state index in [0.717, 1.165) is 19.3 Å². The molecule has 1 aliphatic carbocycles. The van der Waals surface area contributed by atoms with Crippen molar-refractivity contribution in [2.75, 3.05) is 6.61 Å². The van der Waals surface area contributed by atoms with E-state index in [4.69, 9.17) is 4.74 Å². The number of Topliss-reactive ketones (excluding diaryl/α,β-unsaturated/α-hetero) is 2. The van der Waals surface area contributed by atoms with Crippen molar-refractivity contribution in [2.45, 2.75) is 71.8 Å². The first kappa shape index (κ1) is 15.7. The van der Waals surface area contributed by atoms with Gasteiger partial charge in [-0.25, -0.2) is 0 Å². The zero-order valence-corrected chi connectivity index (χ0v) is 13.1. The minimum Gasteiger partial charge on any atom is -0.370 e. The quantitative estimate of drug-likeness (QED) is 0.716. The maximum absolute atomic E-state index is 12.4. The highest BCUT2D eigenvalue weighted by Gasteiger charge is 2.48. The predicted octanol–water partition coefficient (Wildman–Crippen LogP) is 3.55. The molecule has 0 aromatic heterocycles. The minimum absolute atomic E-state index is 0.0320. The Balaban J connectivity index is 1.84. The van der Waals surface area contributed by atoms with Gasteiger partial charge < -0.3 is 4.74 Å². The lowest BCUT2D eigenvalue weighted by Crippen LogP contribution is -2.28. The lowest BCUT2D eigenvalue weighted by Gasteiger charge is -2.25. The molecule has 3 nitrogen and oxygen atoms in total. The van der Waals surface area contributed by atoms with Crippen molar-refractivity contribution in [2.24, 2.45) is 17.3 Å². The first-order valence-corrected chi connectivity index (χ1v) is 8.11. The van der Waals surface area contributed by atoms with Crippen molar-refractivity contribution in [1.82, 2.24) is 0 Å². The van der Waals surface area contributed by atoms with Crippen LogP contribution in [0.3, 0.4) is 0 Å². The van der Waals surface area contributed by atoms with Crippen LogP contribution in [-0.2, 0) is 14.3 Å². The third kappa shape index (κ3) is 3.49. The van der Waals surface area contributed by atoms with E-state index in [1.807, 2.05) is 0 Å². The normalized spacial score (nSPS) is 29.8. The summed E-state index contributed by atoms with van der Waals surface area (Å²) in [6.07, 6.45) is 6.92. The number of carbonyl (C=O) groups excluding carboxylic acids is 2. The van der Waals surface area contributed by atoms with E-state index in [9.17, 15) is 9.59 Å². The molecule has 20 heavy (non-hydrogen) atoms. The molecule has 114 valence electrons. The van der Waals surface area contributed by atoms with Crippen LogP contribution in [0.5, 0.6) is 0 Å². The van der Waals surface area contributed by atoms with Gasteiger partial charge in [-0.05, 0) is 31.1 Å². The molecule has 3 atom stereocenters. The van der Waals surface area contributed by atoms with Gasteiger partial charge in [0.25, 0.3) is 0 Å². The molecule has 1 aliphatic heterocycles. The second-order valence-corrected chi connectivity index (χ2v) is 7.26. The van der Waals surface area contributed by atoms with Gasteiger partial charge in [0, 0.05) is 12.3 Å². The van der Waals surface area contributed by atoms with Crippen LogP contribution in [-0.4, -0.2) is 24.3 Å². The molecule has 0 amide bonds. The summed E-state index contributed by atoms with van der Waals surface area (Å²) in [5.74, 6) is 0.259. The van der Waals surface area contributed by atoms with Crippen LogP contribution < -0.4 is 0 Å². The number of unbranched alkanes of at least 4 members (excludes halogenated alkanes) is 1. The van der Waals surface area contributed by atoms with Crippen LogP contribution in [0.2, 0.25) is 0 Å². The van der Waals surface area contributed by atoms with Crippen LogP contribution >= 0.6 is 0 Å². The maximum Gasteiger partial charge on any atom is 0.164 e. The molecule has 0 spiro atoms. The molecule has 1 heterocycles. The zero-order chi connectivity index (χ0) is 14.8. The Morgan fingerprint density at radius 2 is 2.05 bits per heavy atom. The third-order valence-corrected chi connectivity index (χ3v) is 5.08. The maximum atomic E-state index is 12.4. The summed E-state index contributed by atoms with van der Waals surface area (Å²) in [6, 6.07) is 0. The van der Waals surface area contributed by atoms with Gasteiger partial charge in [0.1, 0.15) is 12.4 Å². The summed E-state index contributed by atoms with van der Waals surface area (Å²) >= 11 is 0. The van der Waals surface area contributed by atoms with Crippen molar-refractivity contribution in [3.05, 3.63) is 0 Å². The largest absolute Gasteiger partial charge is 0.370 e. The van der Waals surface area contributed by atoms with Gasteiger partial charge >= 0.3 is 0 Å². The Kier molecular flexibility index (Phi) is 5.00. The average molecular weight is 280 g/mol. The molecule has 0 bridgehead atoms. The van der Waals surface area contributed by atoms with E-state index >= 15 is 0 Å².